The molecule has 0 aromatic heterocycles. The maximum Gasteiger partial charge on any atom is 0.127 e. The Morgan fingerprint density at radius 2 is 1.17 bits per heavy atom. The first-order chi connectivity index (χ1) is 8.56. The number of rotatable bonds is 3. The summed E-state index contributed by atoms with van der Waals surface area (Å²) >= 11 is 0. The molecule has 2 aromatic rings. The average Bonchev–Trinajstić information content (AvgIpc) is 2.39. The van der Waals surface area contributed by atoms with Crippen LogP contribution in [0, 0.1) is 13.8 Å². The van der Waals surface area contributed by atoms with Crippen LogP contribution in [0.5, 0.6) is 0 Å². The van der Waals surface area contributed by atoms with Crippen LogP contribution in [0.3, 0.4) is 0 Å². The van der Waals surface area contributed by atoms with E-state index < -0.39 is 5.60 Å². The lowest BCUT2D eigenvalue weighted by Crippen LogP contribution is -2.36. The third-order valence-electron chi connectivity index (χ3n) is 3.35. The van der Waals surface area contributed by atoms with E-state index in [0.717, 1.165) is 11.1 Å². The highest BCUT2D eigenvalue weighted by atomic mass is 16.3. The van der Waals surface area contributed by atoms with Gasteiger partial charge in [0, 0.05) is 6.54 Å². The van der Waals surface area contributed by atoms with Crippen molar-refractivity contribution in [3.63, 3.8) is 0 Å². The molecule has 18 heavy (non-hydrogen) atoms. The molecule has 0 atom stereocenters. The first-order valence-electron chi connectivity index (χ1n) is 6.13. The van der Waals surface area contributed by atoms with Crippen molar-refractivity contribution < 1.29 is 5.11 Å². The lowest BCUT2D eigenvalue weighted by atomic mass is 9.86. The predicted octanol–water partition coefficient (Wildman–Crippen LogP) is 2.50. The average molecular weight is 241 g/mol. The van der Waals surface area contributed by atoms with Crippen LogP contribution in [0.1, 0.15) is 22.3 Å². The van der Waals surface area contributed by atoms with Crippen molar-refractivity contribution in [3.8, 4) is 0 Å². The van der Waals surface area contributed by atoms with E-state index in [0.29, 0.717) is 0 Å². The van der Waals surface area contributed by atoms with Crippen molar-refractivity contribution in [2.75, 3.05) is 6.54 Å². The summed E-state index contributed by atoms with van der Waals surface area (Å²) < 4.78 is 0. The summed E-state index contributed by atoms with van der Waals surface area (Å²) in [5.74, 6) is 0. The van der Waals surface area contributed by atoms with Crippen molar-refractivity contribution in [2.45, 2.75) is 19.4 Å². The Kier molecular flexibility index (Phi) is 3.50. The fourth-order valence-electron chi connectivity index (χ4n) is 2.06. The van der Waals surface area contributed by atoms with Gasteiger partial charge >= 0.3 is 0 Å². The number of aliphatic hydroxyl groups is 1. The van der Waals surface area contributed by atoms with E-state index in [1.165, 1.54) is 11.1 Å². The summed E-state index contributed by atoms with van der Waals surface area (Å²) in [7, 11) is 0. The summed E-state index contributed by atoms with van der Waals surface area (Å²) in [5.41, 5.74) is 8.69. The van der Waals surface area contributed by atoms with E-state index >= 15 is 0 Å². The Balaban J connectivity index is 2.47. The molecular weight excluding hydrogens is 222 g/mol. The molecule has 0 saturated carbocycles. The zero-order valence-corrected chi connectivity index (χ0v) is 10.9. The van der Waals surface area contributed by atoms with Crippen LogP contribution in [0.15, 0.2) is 48.5 Å². The van der Waals surface area contributed by atoms with Crippen LogP contribution in [0.4, 0.5) is 0 Å². The fraction of sp³-hybridized carbons (Fsp3) is 0.250. The minimum atomic E-state index is -1.11. The maximum absolute atomic E-state index is 10.8. The summed E-state index contributed by atoms with van der Waals surface area (Å²) in [6, 6.07) is 15.7. The molecule has 2 aromatic carbocycles. The maximum atomic E-state index is 10.8. The second-order valence-electron chi connectivity index (χ2n) is 4.80. The minimum Gasteiger partial charge on any atom is -0.379 e. The topological polar surface area (TPSA) is 46.2 Å². The zero-order chi connectivity index (χ0) is 13.2. The van der Waals surface area contributed by atoms with E-state index in [9.17, 15) is 5.11 Å². The second kappa shape index (κ2) is 4.92. The first kappa shape index (κ1) is 12.8. The van der Waals surface area contributed by atoms with Crippen molar-refractivity contribution in [1.82, 2.24) is 0 Å². The lowest BCUT2D eigenvalue weighted by molar-refractivity contribution is 0.0902. The van der Waals surface area contributed by atoms with Crippen molar-refractivity contribution in [1.29, 1.82) is 0 Å². The molecule has 94 valence electrons. The lowest BCUT2D eigenvalue weighted by Gasteiger charge is -2.28. The third kappa shape index (κ3) is 2.30. The molecule has 0 radical (unpaired) electrons. The smallest absolute Gasteiger partial charge is 0.127 e. The SMILES string of the molecule is Cc1ccc(C(O)(CN)c2ccc(C)cc2)cc1. The molecule has 2 rings (SSSR count). The number of hydrogen-bond acceptors (Lipinski definition) is 2. The van der Waals surface area contributed by atoms with Gasteiger partial charge in [-0.3, -0.25) is 0 Å². The molecule has 3 N–H and O–H groups in total. The molecule has 2 heteroatoms. The molecular formula is C16H19NO. The molecule has 0 spiro atoms. The number of hydrogen-bond donors (Lipinski definition) is 2. The number of aryl methyl sites for hydroxylation is 2. The molecule has 0 heterocycles. The molecule has 0 amide bonds. The Morgan fingerprint density at radius 1 is 0.833 bits per heavy atom. The first-order valence-corrected chi connectivity index (χ1v) is 6.13. The van der Waals surface area contributed by atoms with E-state index in [-0.39, 0.29) is 6.54 Å². The molecule has 0 unspecified atom stereocenters. The van der Waals surface area contributed by atoms with Gasteiger partial charge in [-0.25, -0.2) is 0 Å². The van der Waals surface area contributed by atoms with Crippen LogP contribution < -0.4 is 5.73 Å². The Morgan fingerprint density at radius 3 is 1.44 bits per heavy atom. The highest BCUT2D eigenvalue weighted by Crippen LogP contribution is 2.28. The highest BCUT2D eigenvalue weighted by Gasteiger charge is 2.29. The Hall–Kier alpha value is -1.64. The molecule has 0 saturated heterocycles. The van der Waals surface area contributed by atoms with Gasteiger partial charge in [-0.15, -0.1) is 0 Å². The van der Waals surface area contributed by atoms with Gasteiger partial charge < -0.3 is 10.8 Å². The van der Waals surface area contributed by atoms with Gasteiger partial charge in [0.1, 0.15) is 5.60 Å². The van der Waals surface area contributed by atoms with Crippen LogP contribution >= 0.6 is 0 Å². The summed E-state index contributed by atoms with van der Waals surface area (Å²) in [6.07, 6.45) is 0. The quantitative estimate of drug-likeness (QED) is 0.867. The molecule has 0 aliphatic rings. The molecule has 0 fully saturated rings. The molecule has 0 aliphatic carbocycles. The number of nitrogens with two attached hydrogens (primary N) is 1. The predicted molar refractivity (Wildman–Crippen MR) is 74.4 cm³/mol. The van der Waals surface area contributed by atoms with E-state index in [1.807, 2.05) is 62.4 Å². The van der Waals surface area contributed by atoms with Crippen molar-refractivity contribution in [3.05, 3.63) is 70.8 Å². The second-order valence-corrected chi connectivity index (χ2v) is 4.80. The van der Waals surface area contributed by atoms with Gasteiger partial charge in [0.15, 0.2) is 0 Å². The standard InChI is InChI=1S/C16H19NO/c1-12-3-7-14(8-4-12)16(18,11-17)15-9-5-13(2)6-10-15/h3-10,18H,11,17H2,1-2H3. The highest BCUT2D eigenvalue weighted by molar-refractivity contribution is 5.38. The normalized spacial score (nSPS) is 11.6. The monoisotopic (exact) mass is 241 g/mol. The summed E-state index contributed by atoms with van der Waals surface area (Å²) in [6.45, 7) is 4.22. The fourth-order valence-corrected chi connectivity index (χ4v) is 2.06. The van der Waals surface area contributed by atoms with Gasteiger partial charge in [-0.1, -0.05) is 59.7 Å². The van der Waals surface area contributed by atoms with Gasteiger partial charge in [0.2, 0.25) is 0 Å². The van der Waals surface area contributed by atoms with Crippen LogP contribution in [-0.4, -0.2) is 11.7 Å². The van der Waals surface area contributed by atoms with Gasteiger partial charge in [0.05, 0.1) is 0 Å². The molecule has 2 nitrogen and oxygen atoms in total. The largest absolute Gasteiger partial charge is 0.379 e. The Labute approximate surface area is 108 Å². The van der Waals surface area contributed by atoms with Gasteiger partial charge in [0.25, 0.3) is 0 Å². The van der Waals surface area contributed by atoms with E-state index in [4.69, 9.17) is 5.73 Å². The summed E-state index contributed by atoms with van der Waals surface area (Å²) in [4.78, 5) is 0. The molecule has 0 aliphatic heterocycles. The third-order valence-corrected chi connectivity index (χ3v) is 3.35. The van der Waals surface area contributed by atoms with E-state index in [2.05, 4.69) is 0 Å². The number of benzene rings is 2. The van der Waals surface area contributed by atoms with Crippen molar-refractivity contribution in [2.24, 2.45) is 5.73 Å². The zero-order valence-electron chi connectivity index (χ0n) is 10.9. The van der Waals surface area contributed by atoms with E-state index in [1.54, 1.807) is 0 Å². The van der Waals surface area contributed by atoms with Gasteiger partial charge in [-0.05, 0) is 25.0 Å². The van der Waals surface area contributed by atoms with Crippen molar-refractivity contribution >= 4 is 0 Å². The summed E-state index contributed by atoms with van der Waals surface area (Å²) in [5, 5.41) is 10.8. The Bertz CT molecular complexity index is 468. The minimum absolute atomic E-state index is 0.166. The van der Waals surface area contributed by atoms with Gasteiger partial charge in [-0.2, -0.15) is 0 Å². The van der Waals surface area contributed by atoms with Crippen LogP contribution in [0.2, 0.25) is 0 Å². The van der Waals surface area contributed by atoms with Crippen LogP contribution in [-0.2, 0) is 5.60 Å². The molecule has 0 bridgehead atoms. The van der Waals surface area contributed by atoms with Crippen LogP contribution in [0.25, 0.3) is 0 Å².